The van der Waals surface area contributed by atoms with Gasteiger partial charge in [-0.1, -0.05) is 55.9 Å². The third-order valence-corrected chi connectivity index (χ3v) is 8.07. The van der Waals surface area contributed by atoms with Crippen molar-refractivity contribution in [1.29, 1.82) is 0 Å². The second-order valence-electron chi connectivity index (χ2n) is 10.9. The molecule has 1 fully saturated rings. The highest BCUT2D eigenvalue weighted by Gasteiger charge is 2.32. The largest absolute Gasteiger partial charge is 0.573 e. The molecule has 234 valence electrons. The van der Waals surface area contributed by atoms with E-state index in [0.717, 1.165) is 27.9 Å². The van der Waals surface area contributed by atoms with Gasteiger partial charge in [-0.3, -0.25) is 9.69 Å². The number of thioether (sulfide) groups is 1. The standard InChI is InChI=1S/C32H31F3N6O2S2/c1-19(2)26-13-8-20(3)14-27(26)41-28(42)17-45-31(41)38-30(44)37-21(4)15-22-6-5-7-23(16-22)29-36-18-40(39-29)24-9-11-25(12-10-24)43-32(33,34)35/h5-14,16,18-19,21H,15,17H2,1-4H3,(H,37,44)/b38-31-. The number of aromatic nitrogens is 3. The third-order valence-electron chi connectivity index (χ3n) is 6.94. The quantitative estimate of drug-likeness (QED) is 0.202. The average molecular weight is 653 g/mol. The van der Waals surface area contributed by atoms with Crippen molar-refractivity contribution in [2.75, 3.05) is 10.7 Å². The molecule has 1 N–H and O–H groups in total. The summed E-state index contributed by atoms with van der Waals surface area (Å²) in [5.74, 6) is 0.666. The maximum absolute atomic E-state index is 12.9. The number of carbonyl (C=O) groups is 1. The molecule has 0 spiro atoms. The zero-order chi connectivity index (χ0) is 32.3. The number of aryl methyl sites for hydroxylation is 1. The number of hydrogen-bond donors (Lipinski definition) is 1. The number of hydrogen-bond acceptors (Lipinski definition) is 6. The number of alkyl halides is 3. The van der Waals surface area contributed by atoms with Crippen LogP contribution < -0.4 is 15.0 Å². The summed E-state index contributed by atoms with van der Waals surface area (Å²) in [4.78, 5) is 23.6. The van der Waals surface area contributed by atoms with Gasteiger partial charge in [0.2, 0.25) is 5.91 Å². The van der Waals surface area contributed by atoms with E-state index in [9.17, 15) is 18.0 Å². The van der Waals surface area contributed by atoms with Crippen LogP contribution in [0.15, 0.2) is 78.0 Å². The molecule has 1 aromatic heterocycles. The normalized spacial score (nSPS) is 15.2. The minimum absolute atomic E-state index is 0.0255. The summed E-state index contributed by atoms with van der Waals surface area (Å²) in [7, 11) is 0. The minimum Gasteiger partial charge on any atom is -0.406 e. The summed E-state index contributed by atoms with van der Waals surface area (Å²) < 4.78 is 42.8. The highest BCUT2D eigenvalue weighted by Crippen LogP contribution is 2.34. The Kier molecular flexibility index (Phi) is 9.59. The summed E-state index contributed by atoms with van der Waals surface area (Å²) in [5.41, 5.74) is 5.32. The van der Waals surface area contributed by atoms with Gasteiger partial charge in [-0.05, 0) is 91.5 Å². The highest BCUT2D eigenvalue weighted by molar-refractivity contribution is 8.15. The fourth-order valence-electron chi connectivity index (χ4n) is 4.91. The maximum atomic E-state index is 12.9. The number of halogens is 3. The summed E-state index contributed by atoms with van der Waals surface area (Å²) in [6.45, 7) is 8.20. The van der Waals surface area contributed by atoms with Crippen LogP contribution in [0.3, 0.4) is 0 Å². The van der Waals surface area contributed by atoms with Gasteiger partial charge in [-0.15, -0.1) is 18.3 Å². The van der Waals surface area contributed by atoms with Gasteiger partial charge >= 0.3 is 6.36 Å². The van der Waals surface area contributed by atoms with Crippen molar-refractivity contribution in [3.05, 3.63) is 89.7 Å². The predicted molar refractivity (Wildman–Crippen MR) is 175 cm³/mol. The molecule has 2 heterocycles. The SMILES string of the molecule is Cc1ccc(C(C)C)c(N2C(=O)CS/C2=N\C(=S)NC(C)Cc2cccc(-c3ncn(-c4ccc(OC(F)(F)F)cc4)n3)c2)c1. The Morgan fingerprint density at radius 2 is 1.87 bits per heavy atom. The average Bonchev–Trinajstić information content (AvgIpc) is 3.59. The molecular formula is C32H31F3N6O2S2. The lowest BCUT2D eigenvalue weighted by Gasteiger charge is -2.22. The van der Waals surface area contributed by atoms with Crippen LogP contribution in [0.5, 0.6) is 5.75 Å². The van der Waals surface area contributed by atoms with E-state index in [2.05, 4.69) is 45.0 Å². The molecule has 3 aromatic carbocycles. The Labute approximate surface area is 268 Å². The molecule has 5 rings (SSSR count). The molecule has 1 atom stereocenters. The van der Waals surface area contributed by atoms with Gasteiger partial charge in [-0.2, -0.15) is 4.99 Å². The molecule has 1 aliphatic rings. The number of carbonyl (C=O) groups excluding carboxylic acids is 1. The molecule has 0 radical (unpaired) electrons. The number of thiocarbonyl (C=S) groups is 1. The lowest BCUT2D eigenvalue weighted by atomic mass is 9.99. The van der Waals surface area contributed by atoms with Crippen LogP contribution in [0.2, 0.25) is 0 Å². The molecule has 4 aromatic rings. The molecule has 1 saturated heterocycles. The van der Waals surface area contributed by atoms with Gasteiger partial charge in [0, 0.05) is 11.6 Å². The fourth-order valence-corrected chi connectivity index (χ4v) is 6.12. The van der Waals surface area contributed by atoms with Gasteiger partial charge in [0.15, 0.2) is 16.1 Å². The Bertz CT molecular complexity index is 1740. The van der Waals surface area contributed by atoms with Gasteiger partial charge in [0.05, 0.1) is 17.1 Å². The van der Waals surface area contributed by atoms with E-state index in [1.807, 2.05) is 50.2 Å². The first-order valence-corrected chi connectivity index (χ1v) is 15.6. The Morgan fingerprint density at radius 1 is 1.11 bits per heavy atom. The number of amidine groups is 1. The molecule has 0 bridgehead atoms. The number of nitrogens with zero attached hydrogens (tertiary/aromatic N) is 5. The highest BCUT2D eigenvalue weighted by atomic mass is 32.2. The van der Waals surface area contributed by atoms with Crippen LogP contribution in [0.4, 0.5) is 18.9 Å². The van der Waals surface area contributed by atoms with Crippen molar-refractivity contribution in [3.8, 4) is 22.8 Å². The maximum Gasteiger partial charge on any atom is 0.573 e. The van der Waals surface area contributed by atoms with Crippen LogP contribution in [0, 0.1) is 6.92 Å². The molecule has 13 heteroatoms. The van der Waals surface area contributed by atoms with E-state index in [1.54, 1.807) is 4.90 Å². The lowest BCUT2D eigenvalue weighted by Crippen LogP contribution is -2.35. The van der Waals surface area contributed by atoms with Gasteiger partial charge in [0.25, 0.3) is 0 Å². The van der Waals surface area contributed by atoms with Crippen LogP contribution >= 0.6 is 24.0 Å². The van der Waals surface area contributed by atoms with E-state index in [1.165, 1.54) is 47.0 Å². The second kappa shape index (κ2) is 13.4. The van der Waals surface area contributed by atoms with Crippen molar-refractivity contribution >= 4 is 45.9 Å². The van der Waals surface area contributed by atoms with E-state index in [0.29, 0.717) is 34.0 Å². The van der Waals surface area contributed by atoms with Gasteiger partial charge in [0.1, 0.15) is 12.1 Å². The smallest absolute Gasteiger partial charge is 0.406 e. The van der Waals surface area contributed by atoms with Crippen molar-refractivity contribution in [3.63, 3.8) is 0 Å². The number of benzene rings is 3. The molecule has 1 amide bonds. The first kappa shape index (κ1) is 32.2. The summed E-state index contributed by atoms with van der Waals surface area (Å²) in [6.07, 6.45) is -2.63. The minimum atomic E-state index is -4.76. The number of nitrogens with one attached hydrogen (secondary N) is 1. The van der Waals surface area contributed by atoms with Crippen LogP contribution in [0.25, 0.3) is 17.1 Å². The van der Waals surface area contributed by atoms with Crippen LogP contribution in [-0.4, -0.2) is 49.1 Å². The first-order chi connectivity index (χ1) is 21.4. The third kappa shape index (κ3) is 8.08. The monoisotopic (exact) mass is 652 g/mol. The molecule has 8 nitrogen and oxygen atoms in total. The number of amides is 1. The van der Waals surface area contributed by atoms with E-state index in [4.69, 9.17) is 12.2 Å². The van der Waals surface area contributed by atoms with Crippen molar-refractivity contribution in [2.45, 2.75) is 52.4 Å². The summed E-state index contributed by atoms with van der Waals surface area (Å²) in [5, 5.41) is 8.62. The number of aliphatic imine (C=N–C) groups is 1. The van der Waals surface area contributed by atoms with Crippen LogP contribution in [0.1, 0.15) is 43.4 Å². The Balaban J connectivity index is 1.24. The predicted octanol–water partition coefficient (Wildman–Crippen LogP) is 7.21. The van der Waals surface area contributed by atoms with Crippen molar-refractivity contribution in [1.82, 2.24) is 20.1 Å². The molecule has 45 heavy (non-hydrogen) atoms. The Hall–Kier alpha value is -4.23. The first-order valence-electron chi connectivity index (χ1n) is 14.2. The van der Waals surface area contributed by atoms with Crippen molar-refractivity contribution < 1.29 is 22.7 Å². The Morgan fingerprint density at radius 3 is 2.58 bits per heavy atom. The van der Waals surface area contributed by atoms with E-state index >= 15 is 0 Å². The number of rotatable bonds is 8. The molecule has 0 aliphatic carbocycles. The number of ether oxygens (including phenoxy) is 1. The molecular weight excluding hydrogens is 622 g/mol. The summed E-state index contributed by atoms with van der Waals surface area (Å²) in [6, 6.07) is 19.2. The van der Waals surface area contributed by atoms with Gasteiger partial charge in [-0.25, -0.2) is 9.67 Å². The second-order valence-corrected chi connectivity index (χ2v) is 12.3. The molecule has 1 aliphatic heterocycles. The zero-order valence-electron chi connectivity index (χ0n) is 25.0. The summed E-state index contributed by atoms with van der Waals surface area (Å²) >= 11 is 6.96. The topological polar surface area (TPSA) is 84.6 Å². The van der Waals surface area contributed by atoms with Crippen molar-refractivity contribution in [2.24, 2.45) is 4.99 Å². The zero-order valence-corrected chi connectivity index (χ0v) is 26.6. The van der Waals surface area contributed by atoms with E-state index < -0.39 is 6.36 Å². The molecule has 1 unspecified atom stereocenters. The lowest BCUT2D eigenvalue weighted by molar-refractivity contribution is -0.274. The molecule has 0 saturated carbocycles. The van der Waals surface area contributed by atoms with Gasteiger partial charge < -0.3 is 10.1 Å². The fraction of sp³-hybridized carbons (Fsp3) is 0.281. The van der Waals surface area contributed by atoms with Crippen LogP contribution in [-0.2, 0) is 11.2 Å². The van der Waals surface area contributed by atoms with E-state index in [-0.39, 0.29) is 23.6 Å². The number of anilines is 1.